The Morgan fingerprint density at radius 3 is 2.52 bits per heavy atom. The maximum absolute atomic E-state index is 13.4. The van der Waals surface area contributed by atoms with Crippen molar-refractivity contribution in [3.05, 3.63) is 18.2 Å². The van der Waals surface area contributed by atoms with Gasteiger partial charge in [-0.2, -0.15) is 0 Å². The molecule has 33 heavy (non-hydrogen) atoms. The van der Waals surface area contributed by atoms with Crippen LogP contribution >= 0.6 is 0 Å². The second kappa shape index (κ2) is 10.9. The third-order valence-electron chi connectivity index (χ3n) is 6.66. The molecule has 1 aromatic rings. The molecule has 3 aliphatic rings. The van der Waals surface area contributed by atoms with E-state index in [0.29, 0.717) is 55.9 Å². The summed E-state index contributed by atoms with van der Waals surface area (Å²) in [6.07, 6.45) is 4.64. The van der Waals surface area contributed by atoms with Gasteiger partial charge in [-0.3, -0.25) is 19.3 Å². The van der Waals surface area contributed by atoms with Gasteiger partial charge in [0.05, 0.1) is 19.1 Å². The smallest absolute Gasteiger partial charge is 0.306 e. The van der Waals surface area contributed by atoms with Gasteiger partial charge in [-0.25, -0.2) is 0 Å². The van der Waals surface area contributed by atoms with E-state index in [2.05, 4.69) is 10.2 Å². The van der Waals surface area contributed by atoms with Crippen LogP contribution in [0.15, 0.2) is 18.2 Å². The molecule has 180 valence electrons. The second-order valence-corrected chi connectivity index (χ2v) is 8.77. The summed E-state index contributed by atoms with van der Waals surface area (Å²) in [4.78, 5) is 41.5. The lowest BCUT2D eigenvalue weighted by Crippen LogP contribution is -2.56. The molecule has 1 aromatic carbocycles. The number of esters is 1. The standard InChI is InChI=1S/C24H33N3O6/c1-2-31-22(29)10-9-21(28)26-11-13-27(14-12-26)23(17-5-3-4-6-17)24(30)25-18-7-8-19-20(15-18)33-16-32-19/h7-8,15,17,23H,2-6,9-14,16H2,1H3,(H,25,30). The Balaban J connectivity index is 1.35. The molecule has 0 spiro atoms. The van der Waals surface area contributed by atoms with E-state index in [-0.39, 0.29) is 43.5 Å². The molecular formula is C24H33N3O6. The first-order valence-electron chi connectivity index (χ1n) is 11.9. The Morgan fingerprint density at radius 1 is 1.06 bits per heavy atom. The zero-order valence-corrected chi connectivity index (χ0v) is 19.2. The van der Waals surface area contributed by atoms with Gasteiger partial charge < -0.3 is 24.4 Å². The maximum Gasteiger partial charge on any atom is 0.306 e. The summed E-state index contributed by atoms with van der Waals surface area (Å²) in [6, 6.07) is 5.21. The quantitative estimate of drug-likeness (QED) is 0.596. The molecule has 2 heterocycles. The van der Waals surface area contributed by atoms with Gasteiger partial charge in [-0.1, -0.05) is 12.8 Å². The van der Waals surface area contributed by atoms with Crippen LogP contribution in [0.25, 0.3) is 0 Å². The van der Waals surface area contributed by atoms with Gasteiger partial charge in [0, 0.05) is 44.4 Å². The molecule has 2 aliphatic heterocycles. The predicted octanol–water partition coefficient (Wildman–Crippen LogP) is 2.40. The average Bonchev–Trinajstić information content (AvgIpc) is 3.50. The highest BCUT2D eigenvalue weighted by Crippen LogP contribution is 2.35. The number of hydrogen-bond acceptors (Lipinski definition) is 7. The molecule has 1 unspecified atom stereocenters. The van der Waals surface area contributed by atoms with Gasteiger partial charge in [0.15, 0.2) is 11.5 Å². The second-order valence-electron chi connectivity index (χ2n) is 8.77. The lowest BCUT2D eigenvalue weighted by molar-refractivity contribution is -0.146. The summed E-state index contributed by atoms with van der Waals surface area (Å²) in [5.74, 6) is 1.24. The zero-order valence-electron chi connectivity index (χ0n) is 19.2. The number of hydrogen-bond donors (Lipinski definition) is 1. The van der Waals surface area contributed by atoms with Crippen LogP contribution in [0.1, 0.15) is 45.4 Å². The SMILES string of the molecule is CCOC(=O)CCC(=O)N1CCN(C(C(=O)Nc2ccc3c(c2)OCO3)C2CCCC2)CC1. The number of nitrogens with zero attached hydrogens (tertiary/aromatic N) is 2. The van der Waals surface area contributed by atoms with Crippen LogP contribution < -0.4 is 14.8 Å². The Kier molecular flexibility index (Phi) is 7.69. The fourth-order valence-corrected chi connectivity index (χ4v) is 4.99. The lowest BCUT2D eigenvalue weighted by Gasteiger charge is -2.40. The first kappa shape index (κ1) is 23.4. The van der Waals surface area contributed by atoms with Crippen molar-refractivity contribution in [2.75, 3.05) is 44.9 Å². The molecule has 0 radical (unpaired) electrons. The summed E-state index contributed by atoms with van der Waals surface area (Å²) in [7, 11) is 0. The molecule has 2 fully saturated rings. The number of fused-ring (bicyclic) bond motifs is 1. The molecular weight excluding hydrogens is 426 g/mol. The number of carbonyl (C=O) groups excluding carboxylic acids is 3. The zero-order chi connectivity index (χ0) is 23.2. The highest BCUT2D eigenvalue weighted by atomic mass is 16.7. The van der Waals surface area contributed by atoms with Crippen LogP contribution in [0.3, 0.4) is 0 Å². The number of nitrogens with one attached hydrogen (secondary N) is 1. The average molecular weight is 460 g/mol. The van der Waals surface area contributed by atoms with E-state index < -0.39 is 0 Å². The van der Waals surface area contributed by atoms with Crippen molar-refractivity contribution < 1.29 is 28.6 Å². The van der Waals surface area contributed by atoms with Gasteiger partial charge in [0.25, 0.3) is 0 Å². The van der Waals surface area contributed by atoms with Crippen LogP contribution in [-0.2, 0) is 19.1 Å². The topological polar surface area (TPSA) is 97.4 Å². The van der Waals surface area contributed by atoms with E-state index in [1.54, 1.807) is 17.9 Å². The van der Waals surface area contributed by atoms with E-state index in [9.17, 15) is 14.4 Å². The number of rotatable bonds is 8. The molecule has 9 nitrogen and oxygen atoms in total. The summed E-state index contributed by atoms with van der Waals surface area (Å²) in [5, 5.41) is 3.08. The first-order valence-corrected chi connectivity index (χ1v) is 11.9. The number of benzene rings is 1. The number of carbonyl (C=O) groups is 3. The van der Waals surface area contributed by atoms with E-state index >= 15 is 0 Å². The van der Waals surface area contributed by atoms with Crippen molar-refractivity contribution in [3.8, 4) is 11.5 Å². The van der Waals surface area contributed by atoms with E-state index in [1.165, 1.54) is 0 Å². The van der Waals surface area contributed by atoms with Gasteiger partial charge in [0.2, 0.25) is 18.6 Å². The minimum Gasteiger partial charge on any atom is -0.466 e. The van der Waals surface area contributed by atoms with Crippen LogP contribution in [0.5, 0.6) is 11.5 Å². The monoisotopic (exact) mass is 459 g/mol. The molecule has 1 aliphatic carbocycles. The minimum atomic E-state index is -0.342. The largest absolute Gasteiger partial charge is 0.466 e. The van der Waals surface area contributed by atoms with Crippen molar-refractivity contribution >= 4 is 23.5 Å². The molecule has 0 bridgehead atoms. The number of piperazine rings is 1. The molecule has 0 aromatic heterocycles. The van der Waals surface area contributed by atoms with Crippen LogP contribution in [0.4, 0.5) is 5.69 Å². The normalized spacial score (nSPS) is 19.4. The number of anilines is 1. The van der Waals surface area contributed by atoms with Crippen LogP contribution in [0, 0.1) is 5.92 Å². The predicted molar refractivity (Wildman–Crippen MR) is 121 cm³/mol. The van der Waals surface area contributed by atoms with E-state index in [1.807, 2.05) is 12.1 Å². The summed E-state index contributed by atoms with van der Waals surface area (Å²) in [6.45, 7) is 4.66. The van der Waals surface area contributed by atoms with Gasteiger partial charge in [-0.15, -0.1) is 0 Å². The Hall–Kier alpha value is -2.81. The van der Waals surface area contributed by atoms with Crippen molar-refractivity contribution in [3.63, 3.8) is 0 Å². The number of ether oxygens (including phenoxy) is 3. The summed E-state index contributed by atoms with van der Waals surface area (Å²) >= 11 is 0. The molecule has 1 saturated heterocycles. The van der Waals surface area contributed by atoms with E-state index in [0.717, 1.165) is 25.7 Å². The summed E-state index contributed by atoms with van der Waals surface area (Å²) in [5.41, 5.74) is 0.694. The van der Waals surface area contributed by atoms with Crippen molar-refractivity contribution in [2.24, 2.45) is 5.92 Å². The fraction of sp³-hybridized carbons (Fsp3) is 0.625. The molecule has 1 saturated carbocycles. The van der Waals surface area contributed by atoms with E-state index in [4.69, 9.17) is 14.2 Å². The molecule has 1 atom stereocenters. The Bertz CT molecular complexity index is 862. The van der Waals surface area contributed by atoms with Crippen LogP contribution in [-0.4, -0.2) is 73.2 Å². The third-order valence-corrected chi connectivity index (χ3v) is 6.66. The van der Waals surface area contributed by atoms with Crippen molar-refractivity contribution in [1.82, 2.24) is 9.80 Å². The highest BCUT2D eigenvalue weighted by Gasteiger charge is 2.37. The van der Waals surface area contributed by atoms with Gasteiger partial charge in [0.1, 0.15) is 0 Å². The van der Waals surface area contributed by atoms with Crippen molar-refractivity contribution in [1.29, 1.82) is 0 Å². The van der Waals surface area contributed by atoms with Crippen LogP contribution in [0.2, 0.25) is 0 Å². The molecule has 2 amide bonds. The first-order chi connectivity index (χ1) is 16.0. The van der Waals surface area contributed by atoms with Gasteiger partial charge in [-0.05, 0) is 37.8 Å². The third kappa shape index (κ3) is 5.76. The Labute approximate surface area is 194 Å². The molecule has 9 heteroatoms. The highest BCUT2D eigenvalue weighted by molar-refractivity contribution is 5.95. The lowest BCUT2D eigenvalue weighted by atomic mass is 9.94. The fourth-order valence-electron chi connectivity index (χ4n) is 4.99. The molecule has 4 rings (SSSR count). The minimum absolute atomic E-state index is 0.0112. The molecule has 1 N–H and O–H groups in total. The van der Waals surface area contributed by atoms with Crippen molar-refractivity contribution in [2.45, 2.75) is 51.5 Å². The summed E-state index contributed by atoms with van der Waals surface area (Å²) < 4.78 is 15.7. The maximum atomic E-state index is 13.4. The van der Waals surface area contributed by atoms with Gasteiger partial charge >= 0.3 is 5.97 Å². The number of amides is 2. The Morgan fingerprint density at radius 2 is 1.79 bits per heavy atom.